The fourth-order valence-electron chi connectivity index (χ4n) is 2.69. The van der Waals surface area contributed by atoms with E-state index in [1.165, 1.54) is 12.7 Å². The molecule has 0 unspecified atom stereocenters. The second-order valence-electron chi connectivity index (χ2n) is 6.04. The monoisotopic (exact) mass is 355 g/mol. The van der Waals surface area contributed by atoms with Gasteiger partial charge in [-0.3, -0.25) is 9.59 Å². The number of benzene rings is 2. The first kappa shape index (κ1) is 19.5. The van der Waals surface area contributed by atoms with Crippen molar-refractivity contribution >= 4 is 12.2 Å². The maximum absolute atomic E-state index is 12.4. The van der Waals surface area contributed by atoms with Crippen LogP contribution in [0.4, 0.5) is 0 Å². The first-order chi connectivity index (χ1) is 12.6. The van der Waals surface area contributed by atoms with E-state index in [1.807, 2.05) is 18.2 Å². The van der Waals surface area contributed by atoms with Crippen molar-refractivity contribution < 1.29 is 19.1 Å². The maximum atomic E-state index is 12.4. The summed E-state index contributed by atoms with van der Waals surface area (Å²) in [5.74, 6) is 0.953. The number of methoxy groups -OCH3 is 1. The van der Waals surface area contributed by atoms with Gasteiger partial charge in [-0.2, -0.15) is 0 Å². The molecule has 1 amide bonds. The van der Waals surface area contributed by atoms with Crippen molar-refractivity contribution in [2.24, 2.45) is 0 Å². The first-order valence-corrected chi connectivity index (χ1v) is 8.71. The van der Waals surface area contributed by atoms with Gasteiger partial charge in [-0.1, -0.05) is 37.3 Å². The van der Waals surface area contributed by atoms with Crippen LogP contribution in [-0.4, -0.2) is 32.0 Å². The van der Waals surface area contributed by atoms with E-state index in [4.69, 9.17) is 9.47 Å². The number of nitrogens with one attached hydrogen (secondary N) is 1. The molecule has 0 aromatic heterocycles. The van der Waals surface area contributed by atoms with Gasteiger partial charge in [0.2, 0.25) is 0 Å². The minimum absolute atomic E-state index is 0.216. The molecule has 26 heavy (non-hydrogen) atoms. The van der Waals surface area contributed by atoms with Crippen molar-refractivity contribution in [1.29, 1.82) is 0 Å². The number of rotatable bonds is 9. The van der Waals surface area contributed by atoms with Crippen molar-refractivity contribution in [2.45, 2.75) is 32.3 Å². The van der Waals surface area contributed by atoms with E-state index in [-0.39, 0.29) is 11.8 Å². The van der Waals surface area contributed by atoms with Gasteiger partial charge in [0.1, 0.15) is 11.5 Å². The summed E-state index contributed by atoms with van der Waals surface area (Å²) in [7, 11) is 1.53. The molecule has 0 bridgehead atoms. The van der Waals surface area contributed by atoms with Crippen molar-refractivity contribution in [3.05, 3.63) is 59.7 Å². The first-order valence-electron chi connectivity index (χ1n) is 8.71. The predicted molar refractivity (Wildman–Crippen MR) is 101 cm³/mol. The summed E-state index contributed by atoms with van der Waals surface area (Å²) in [5, 5.41) is 2.94. The molecule has 5 heteroatoms. The molecule has 0 heterocycles. The summed E-state index contributed by atoms with van der Waals surface area (Å²) >= 11 is 0. The molecule has 0 saturated heterocycles. The van der Waals surface area contributed by atoms with Gasteiger partial charge < -0.3 is 14.8 Å². The van der Waals surface area contributed by atoms with Gasteiger partial charge in [-0.15, -0.1) is 0 Å². The van der Waals surface area contributed by atoms with Crippen LogP contribution in [0.3, 0.4) is 0 Å². The second-order valence-corrected chi connectivity index (χ2v) is 6.04. The van der Waals surface area contributed by atoms with Crippen molar-refractivity contribution in [2.75, 3.05) is 13.7 Å². The van der Waals surface area contributed by atoms with Crippen LogP contribution in [0.2, 0.25) is 0 Å². The van der Waals surface area contributed by atoms with Crippen molar-refractivity contribution in [3.8, 4) is 11.5 Å². The Kier molecular flexibility index (Phi) is 7.21. The molecule has 2 atom stereocenters. The fraction of sp³-hybridized carbons (Fsp3) is 0.333. The highest BCUT2D eigenvalue weighted by atomic mass is 16.5. The molecule has 138 valence electrons. The van der Waals surface area contributed by atoms with Crippen molar-refractivity contribution in [3.63, 3.8) is 0 Å². The topological polar surface area (TPSA) is 64.6 Å². The minimum Gasteiger partial charge on any atom is -0.497 e. The van der Waals surface area contributed by atoms with E-state index in [1.54, 1.807) is 25.1 Å². The van der Waals surface area contributed by atoms with E-state index >= 15 is 0 Å². The van der Waals surface area contributed by atoms with Crippen LogP contribution in [0.1, 0.15) is 42.1 Å². The predicted octanol–water partition coefficient (Wildman–Crippen LogP) is 3.59. The Hall–Kier alpha value is -2.82. The van der Waals surface area contributed by atoms with Gasteiger partial charge in [0.25, 0.3) is 5.91 Å². The number of hydrogen-bond acceptors (Lipinski definition) is 4. The normalized spacial score (nSPS) is 12.7. The third kappa shape index (κ3) is 5.09. The van der Waals surface area contributed by atoms with Crippen LogP contribution >= 0.6 is 0 Å². The van der Waals surface area contributed by atoms with E-state index in [0.29, 0.717) is 29.9 Å². The summed E-state index contributed by atoms with van der Waals surface area (Å²) in [6.45, 7) is 4.30. The minimum atomic E-state index is -0.713. The number of aldehydes is 1. The van der Waals surface area contributed by atoms with Gasteiger partial charge in [0.05, 0.1) is 12.7 Å². The number of carbonyl (C=O) groups excluding carboxylic acids is 2. The highest BCUT2D eigenvalue weighted by molar-refractivity contribution is 5.83. The standard InChI is InChI=1S/C21H25NO4/c1-4-16(17-8-6-5-7-9-17)13-22-21(24)15(2)26-20-11-10-19(25-3)12-18(20)14-23/h5-12,14-16H,4,13H2,1-3H3,(H,22,24)/t15-,16-/m1/s1. The van der Waals surface area contributed by atoms with Gasteiger partial charge in [-0.05, 0) is 37.1 Å². The summed E-state index contributed by atoms with van der Waals surface area (Å²) in [6.07, 6.45) is 0.897. The summed E-state index contributed by atoms with van der Waals surface area (Å²) in [5.41, 5.74) is 1.54. The van der Waals surface area contributed by atoms with Gasteiger partial charge in [0.15, 0.2) is 12.4 Å². The van der Waals surface area contributed by atoms with Crippen molar-refractivity contribution in [1.82, 2.24) is 5.32 Å². The number of carbonyl (C=O) groups is 2. The number of ether oxygens (including phenoxy) is 2. The molecular formula is C21H25NO4. The molecule has 0 aliphatic rings. The van der Waals surface area contributed by atoms with Gasteiger partial charge in [-0.25, -0.2) is 0 Å². The lowest BCUT2D eigenvalue weighted by molar-refractivity contribution is -0.127. The van der Waals surface area contributed by atoms with Crippen LogP contribution in [0.25, 0.3) is 0 Å². The Bertz CT molecular complexity index is 730. The van der Waals surface area contributed by atoms with E-state index in [2.05, 4.69) is 24.4 Å². The molecule has 0 spiro atoms. The van der Waals surface area contributed by atoms with Crippen LogP contribution in [0, 0.1) is 0 Å². The molecule has 1 N–H and O–H groups in total. The summed E-state index contributed by atoms with van der Waals surface area (Å²) in [4.78, 5) is 23.6. The van der Waals surface area contributed by atoms with E-state index in [9.17, 15) is 9.59 Å². The quantitative estimate of drug-likeness (QED) is 0.698. The second kappa shape index (κ2) is 9.61. The fourth-order valence-corrected chi connectivity index (χ4v) is 2.69. The zero-order valence-electron chi connectivity index (χ0n) is 15.4. The lowest BCUT2D eigenvalue weighted by atomic mass is 9.96. The summed E-state index contributed by atoms with van der Waals surface area (Å²) < 4.78 is 10.8. The Morgan fingerprint density at radius 1 is 1.19 bits per heavy atom. The van der Waals surface area contributed by atoms with Crippen LogP contribution in [0.15, 0.2) is 48.5 Å². The molecule has 2 aromatic carbocycles. The average molecular weight is 355 g/mol. The third-order valence-electron chi connectivity index (χ3n) is 4.30. The largest absolute Gasteiger partial charge is 0.497 e. The molecule has 5 nitrogen and oxygen atoms in total. The SMILES string of the molecule is CC[C@H](CNC(=O)[C@@H](C)Oc1ccc(OC)cc1C=O)c1ccccc1. The zero-order chi connectivity index (χ0) is 18.9. The highest BCUT2D eigenvalue weighted by Crippen LogP contribution is 2.24. The Morgan fingerprint density at radius 2 is 1.92 bits per heavy atom. The van der Waals surface area contributed by atoms with Gasteiger partial charge in [0, 0.05) is 12.5 Å². The number of hydrogen-bond donors (Lipinski definition) is 1. The molecular weight excluding hydrogens is 330 g/mol. The van der Waals surface area contributed by atoms with Crippen LogP contribution in [0.5, 0.6) is 11.5 Å². The average Bonchev–Trinajstić information content (AvgIpc) is 2.69. The zero-order valence-corrected chi connectivity index (χ0v) is 15.4. The third-order valence-corrected chi connectivity index (χ3v) is 4.30. The number of amides is 1. The maximum Gasteiger partial charge on any atom is 0.260 e. The summed E-state index contributed by atoms with van der Waals surface area (Å²) in [6, 6.07) is 15.0. The highest BCUT2D eigenvalue weighted by Gasteiger charge is 2.18. The van der Waals surface area contributed by atoms with Crippen LogP contribution in [-0.2, 0) is 4.79 Å². The van der Waals surface area contributed by atoms with Crippen LogP contribution < -0.4 is 14.8 Å². The Balaban J connectivity index is 1.96. The molecule has 2 rings (SSSR count). The lowest BCUT2D eigenvalue weighted by Crippen LogP contribution is -2.38. The Morgan fingerprint density at radius 3 is 2.54 bits per heavy atom. The van der Waals surface area contributed by atoms with Gasteiger partial charge >= 0.3 is 0 Å². The molecule has 0 aliphatic heterocycles. The lowest BCUT2D eigenvalue weighted by Gasteiger charge is -2.19. The molecule has 0 aliphatic carbocycles. The smallest absolute Gasteiger partial charge is 0.260 e. The van der Waals surface area contributed by atoms with E-state index in [0.717, 1.165) is 6.42 Å². The van der Waals surface area contributed by atoms with E-state index < -0.39 is 6.10 Å². The Labute approximate surface area is 154 Å². The molecule has 0 fully saturated rings. The molecule has 2 aromatic rings. The molecule has 0 saturated carbocycles. The molecule has 0 radical (unpaired) electrons.